The van der Waals surface area contributed by atoms with E-state index in [-0.39, 0.29) is 0 Å². The molecule has 0 aliphatic rings. The zero-order chi connectivity index (χ0) is 18.4. The molecule has 0 saturated carbocycles. The van der Waals surface area contributed by atoms with Gasteiger partial charge in [0.05, 0.1) is 0 Å². The third kappa shape index (κ3) is 20.7. The molecule has 0 unspecified atom stereocenters. The van der Waals surface area contributed by atoms with Crippen LogP contribution in [-0.4, -0.2) is 37.1 Å². The van der Waals surface area contributed by atoms with Crippen LogP contribution < -0.4 is 0 Å². The van der Waals surface area contributed by atoms with E-state index < -0.39 is 17.3 Å². The molecule has 0 radical (unpaired) electrons. The number of hydrogen-bond donors (Lipinski definition) is 0. The van der Waals surface area contributed by atoms with Crippen LogP contribution in [0.1, 0.15) is 117 Å². The summed E-state index contributed by atoms with van der Waals surface area (Å²) in [6.07, 6.45) is 19.2. The van der Waals surface area contributed by atoms with E-state index in [4.69, 9.17) is 10.6 Å². The molecular formula is C21H45GaO3. The van der Waals surface area contributed by atoms with Crippen LogP contribution in [0.5, 0.6) is 0 Å². The summed E-state index contributed by atoms with van der Waals surface area (Å²) in [6.45, 7) is 9.26. The van der Waals surface area contributed by atoms with Gasteiger partial charge < -0.3 is 0 Å². The van der Waals surface area contributed by atoms with Gasteiger partial charge in [0.2, 0.25) is 0 Å². The van der Waals surface area contributed by atoms with Gasteiger partial charge in [-0.15, -0.1) is 0 Å². The molecule has 3 nitrogen and oxygen atoms in total. The zero-order valence-electron chi connectivity index (χ0n) is 17.5. The second kappa shape index (κ2) is 22.6. The topological polar surface area (TPSA) is 27.7 Å². The van der Waals surface area contributed by atoms with Crippen molar-refractivity contribution in [1.82, 2.24) is 0 Å². The van der Waals surface area contributed by atoms with Crippen LogP contribution in [0.2, 0.25) is 0 Å². The van der Waals surface area contributed by atoms with Crippen LogP contribution in [0.4, 0.5) is 0 Å². The molecule has 0 amide bonds. The molecule has 0 atom stereocenters. The van der Waals surface area contributed by atoms with E-state index in [2.05, 4.69) is 20.8 Å². The van der Waals surface area contributed by atoms with Crippen LogP contribution >= 0.6 is 0 Å². The SMILES string of the molecule is CCCCCCC[O][Ga]([O]CCCCCCC)[O]CCCCCCC. The van der Waals surface area contributed by atoms with Gasteiger partial charge in [0, 0.05) is 0 Å². The molecule has 0 aliphatic carbocycles. The Labute approximate surface area is 164 Å². The van der Waals surface area contributed by atoms with Crippen molar-refractivity contribution in [2.24, 2.45) is 0 Å². The number of hydrogen-bond acceptors (Lipinski definition) is 3. The van der Waals surface area contributed by atoms with Gasteiger partial charge in [-0.05, 0) is 0 Å². The minimum absolute atomic E-state index is 0.833. The Morgan fingerprint density at radius 1 is 0.400 bits per heavy atom. The molecule has 0 aromatic rings. The van der Waals surface area contributed by atoms with E-state index in [0.717, 1.165) is 39.1 Å². The second-order valence-corrected chi connectivity index (χ2v) is 10.5. The van der Waals surface area contributed by atoms with Gasteiger partial charge in [-0.25, -0.2) is 0 Å². The van der Waals surface area contributed by atoms with Crippen molar-refractivity contribution in [2.45, 2.75) is 117 Å². The fourth-order valence-electron chi connectivity index (χ4n) is 2.80. The maximum atomic E-state index is 6.02. The molecule has 0 rings (SSSR count). The molecule has 0 spiro atoms. The van der Waals surface area contributed by atoms with Gasteiger partial charge in [-0.3, -0.25) is 0 Å². The van der Waals surface area contributed by atoms with Gasteiger partial charge in [0.25, 0.3) is 0 Å². The Hall–Kier alpha value is 0.516. The molecule has 0 heterocycles. The Morgan fingerprint density at radius 3 is 0.960 bits per heavy atom. The monoisotopic (exact) mass is 414 g/mol. The van der Waals surface area contributed by atoms with Crippen molar-refractivity contribution < 1.29 is 10.6 Å². The molecule has 0 fully saturated rings. The quantitative estimate of drug-likeness (QED) is 0.150. The van der Waals surface area contributed by atoms with Crippen LogP contribution in [0.15, 0.2) is 0 Å². The van der Waals surface area contributed by atoms with Crippen molar-refractivity contribution in [3.8, 4) is 0 Å². The Morgan fingerprint density at radius 2 is 0.680 bits per heavy atom. The molecule has 4 heteroatoms. The summed E-state index contributed by atoms with van der Waals surface area (Å²) >= 11 is -2.42. The van der Waals surface area contributed by atoms with Gasteiger partial charge in [0.1, 0.15) is 0 Å². The fraction of sp³-hybridized carbons (Fsp3) is 1.00. The van der Waals surface area contributed by atoms with Crippen molar-refractivity contribution in [3.05, 3.63) is 0 Å². The molecule has 25 heavy (non-hydrogen) atoms. The minimum atomic E-state index is -2.42. The summed E-state index contributed by atoms with van der Waals surface area (Å²) in [5, 5.41) is 0. The van der Waals surface area contributed by atoms with Gasteiger partial charge in [-0.1, -0.05) is 0 Å². The summed E-state index contributed by atoms with van der Waals surface area (Å²) in [7, 11) is 0. The first-order chi connectivity index (χ1) is 12.3. The van der Waals surface area contributed by atoms with Crippen molar-refractivity contribution in [1.29, 1.82) is 0 Å². The van der Waals surface area contributed by atoms with Crippen LogP contribution in [-0.2, 0) is 10.6 Å². The first kappa shape index (κ1) is 25.5. The van der Waals surface area contributed by atoms with Crippen molar-refractivity contribution >= 4 is 17.3 Å². The third-order valence-electron chi connectivity index (χ3n) is 4.51. The van der Waals surface area contributed by atoms with Crippen LogP contribution in [0.3, 0.4) is 0 Å². The van der Waals surface area contributed by atoms with E-state index in [1.807, 2.05) is 0 Å². The van der Waals surface area contributed by atoms with Crippen LogP contribution in [0, 0.1) is 0 Å². The molecule has 0 aliphatic heterocycles. The number of rotatable bonds is 21. The van der Waals surface area contributed by atoms with E-state index in [9.17, 15) is 0 Å². The zero-order valence-corrected chi connectivity index (χ0v) is 20.0. The van der Waals surface area contributed by atoms with Gasteiger partial charge >= 0.3 is 165 Å². The van der Waals surface area contributed by atoms with E-state index in [1.165, 1.54) is 77.0 Å². The maximum absolute atomic E-state index is 6.02. The van der Waals surface area contributed by atoms with Crippen molar-refractivity contribution in [3.63, 3.8) is 0 Å². The average Bonchev–Trinajstić information content (AvgIpc) is 2.63. The summed E-state index contributed by atoms with van der Waals surface area (Å²) in [6, 6.07) is 0. The number of unbranched alkanes of at least 4 members (excludes halogenated alkanes) is 12. The van der Waals surface area contributed by atoms with Gasteiger partial charge in [-0.2, -0.15) is 0 Å². The van der Waals surface area contributed by atoms with Crippen LogP contribution in [0.25, 0.3) is 0 Å². The van der Waals surface area contributed by atoms with E-state index >= 15 is 0 Å². The average molecular weight is 415 g/mol. The molecule has 150 valence electrons. The van der Waals surface area contributed by atoms with Gasteiger partial charge in [0.15, 0.2) is 0 Å². The second-order valence-electron chi connectivity index (χ2n) is 7.14. The normalized spacial score (nSPS) is 11.2. The molecule has 0 bridgehead atoms. The predicted molar refractivity (Wildman–Crippen MR) is 110 cm³/mol. The summed E-state index contributed by atoms with van der Waals surface area (Å²) in [5.74, 6) is 0. The summed E-state index contributed by atoms with van der Waals surface area (Å²) in [4.78, 5) is 0. The first-order valence-electron chi connectivity index (χ1n) is 11.2. The molecule has 0 aromatic heterocycles. The first-order valence-corrected chi connectivity index (χ1v) is 14.2. The molecule has 0 aromatic carbocycles. The van der Waals surface area contributed by atoms with E-state index in [0.29, 0.717) is 0 Å². The van der Waals surface area contributed by atoms with E-state index in [1.54, 1.807) is 0 Å². The molecule has 0 saturated heterocycles. The fourth-order valence-corrected chi connectivity index (χ4v) is 5.67. The van der Waals surface area contributed by atoms with Crippen molar-refractivity contribution in [2.75, 3.05) is 19.8 Å². The predicted octanol–water partition coefficient (Wildman–Crippen LogP) is 6.93. The third-order valence-corrected chi connectivity index (χ3v) is 7.70. The summed E-state index contributed by atoms with van der Waals surface area (Å²) in [5.41, 5.74) is 0. The Bertz CT molecular complexity index is 201. The Balaban J connectivity index is 3.76. The molecule has 0 N–H and O–H groups in total. The standard InChI is InChI=1S/3C7H15O.Ga/c3*1-2-3-4-5-6-7-8;/h3*2-7H2,1H3;/q3*-1;+3. The molecular weight excluding hydrogens is 370 g/mol. The Kier molecular flexibility index (Phi) is 23.0. The summed E-state index contributed by atoms with van der Waals surface area (Å²) < 4.78 is 18.1.